The first-order valence-electron chi connectivity index (χ1n) is 6.81. The highest BCUT2D eigenvalue weighted by molar-refractivity contribution is 5.51. The molecule has 2 aliphatic rings. The molecule has 5 nitrogen and oxygen atoms in total. The van der Waals surface area contributed by atoms with Crippen LogP contribution in [0.4, 0.5) is 5.82 Å². The zero-order chi connectivity index (χ0) is 13.1. The maximum Gasteiger partial charge on any atom is 0.143 e. The normalized spacial score (nSPS) is 26.7. The Labute approximate surface area is 113 Å². The van der Waals surface area contributed by atoms with E-state index in [4.69, 9.17) is 10.00 Å². The predicted molar refractivity (Wildman–Crippen MR) is 71.8 cm³/mol. The SMILES string of the molecule is N#Cc1cccnc1NCC1CN2CCCC2CO1. The van der Waals surface area contributed by atoms with Crippen molar-refractivity contribution in [1.29, 1.82) is 5.26 Å². The number of morpholine rings is 1. The van der Waals surface area contributed by atoms with Gasteiger partial charge in [0.2, 0.25) is 0 Å². The van der Waals surface area contributed by atoms with Gasteiger partial charge in [-0.05, 0) is 31.5 Å². The summed E-state index contributed by atoms with van der Waals surface area (Å²) in [6, 6.07) is 6.31. The van der Waals surface area contributed by atoms with Crippen LogP contribution in [0.25, 0.3) is 0 Å². The van der Waals surface area contributed by atoms with Crippen molar-refractivity contribution in [3.05, 3.63) is 23.9 Å². The molecule has 0 aromatic carbocycles. The van der Waals surface area contributed by atoms with Gasteiger partial charge < -0.3 is 10.1 Å². The molecule has 2 atom stereocenters. The second-order valence-electron chi connectivity index (χ2n) is 5.14. The molecule has 2 fully saturated rings. The van der Waals surface area contributed by atoms with Crippen LogP contribution in [0.5, 0.6) is 0 Å². The molecular weight excluding hydrogens is 240 g/mol. The molecule has 0 saturated carbocycles. The van der Waals surface area contributed by atoms with E-state index in [2.05, 4.69) is 21.3 Å². The number of nitriles is 1. The van der Waals surface area contributed by atoms with Crippen molar-refractivity contribution < 1.29 is 4.74 Å². The number of nitrogens with one attached hydrogen (secondary N) is 1. The Morgan fingerprint density at radius 3 is 3.42 bits per heavy atom. The van der Waals surface area contributed by atoms with Crippen LogP contribution in [-0.4, -0.2) is 48.3 Å². The van der Waals surface area contributed by atoms with Crippen molar-refractivity contribution in [2.24, 2.45) is 0 Å². The number of rotatable bonds is 3. The number of anilines is 1. The van der Waals surface area contributed by atoms with E-state index in [-0.39, 0.29) is 6.10 Å². The van der Waals surface area contributed by atoms with Gasteiger partial charge in [0.25, 0.3) is 0 Å². The topological polar surface area (TPSA) is 61.2 Å². The maximum absolute atomic E-state index is 9.01. The molecule has 0 spiro atoms. The summed E-state index contributed by atoms with van der Waals surface area (Å²) >= 11 is 0. The number of aromatic nitrogens is 1. The lowest BCUT2D eigenvalue weighted by Gasteiger charge is -2.35. The van der Waals surface area contributed by atoms with E-state index in [0.29, 0.717) is 24.0 Å². The summed E-state index contributed by atoms with van der Waals surface area (Å²) in [5.74, 6) is 0.650. The van der Waals surface area contributed by atoms with Crippen molar-refractivity contribution >= 4 is 5.82 Å². The van der Waals surface area contributed by atoms with Crippen molar-refractivity contribution in [3.8, 4) is 6.07 Å². The second-order valence-corrected chi connectivity index (χ2v) is 5.14. The van der Waals surface area contributed by atoms with Crippen molar-refractivity contribution in [2.45, 2.75) is 25.0 Å². The van der Waals surface area contributed by atoms with E-state index in [1.165, 1.54) is 19.4 Å². The Morgan fingerprint density at radius 2 is 2.53 bits per heavy atom. The van der Waals surface area contributed by atoms with Crippen LogP contribution in [-0.2, 0) is 4.74 Å². The van der Waals surface area contributed by atoms with Gasteiger partial charge in [-0.2, -0.15) is 5.26 Å². The molecule has 0 radical (unpaired) electrons. The van der Waals surface area contributed by atoms with E-state index in [1.54, 1.807) is 18.3 Å². The summed E-state index contributed by atoms with van der Waals surface area (Å²) in [4.78, 5) is 6.71. The van der Waals surface area contributed by atoms with Gasteiger partial charge in [0.15, 0.2) is 0 Å². The summed E-state index contributed by atoms with van der Waals surface area (Å²) in [7, 11) is 0. The van der Waals surface area contributed by atoms with E-state index in [0.717, 1.165) is 13.2 Å². The van der Waals surface area contributed by atoms with Gasteiger partial charge in [-0.15, -0.1) is 0 Å². The zero-order valence-corrected chi connectivity index (χ0v) is 10.9. The Balaban J connectivity index is 1.56. The molecule has 0 amide bonds. The molecule has 1 N–H and O–H groups in total. The van der Waals surface area contributed by atoms with Gasteiger partial charge in [-0.1, -0.05) is 0 Å². The van der Waals surface area contributed by atoms with Crippen LogP contribution in [0.15, 0.2) is 18.3 Å². The number of nitrogens with zero attached hydrogens (tertiary/aromatic N) is 3. The third-order valence-corrected chi connectivity index (χ3v) is 3.89. The van der Waals surface area contributed by atoms with Crippen LogP contribution in [0.3, 0.4) is 0 Å². The highest BCUT2D eigenvalue weighted by atomic mass is 16.5. The van der Waals surface area contributed by atoms with E-state index in [1.807, 2.05) is 0 Å². The molecule has 2 unspecified atom stereocenters. The van der Waals surface area contributed by atoms with Crippen LogP contribution in [0.2, 0.25) is 0 Å². The van der Waals surface area contributed by atoms with Gasteiger partial charge >= 0.3 is 0 Å². The molecule has 0 bridgehead atoms. The van der Waals surface area contributed by atoms with Crippen LogP contribution in [0, 0.1) is 11.3 Å². The average molecular weight is 258 g/mol. The monoisotopic (exact) mass is 258 g/mol. The molecule has 2 aliphatic heterocycles. The molecule has 2 saturated heterocycles. The minimum atomic E-state index is 0.183. The Hall–Kier alpha value is -1.64. The lowest BCUT2D eigenvalue weighted by Crippen LogP contribution is -2.48. The molecule has 3 rings (SSSR count). The number of hydrogen-bond acceptors (Lipinski definition) is 5. The minimum absolute atomic E-state index is 0.183. The second kappa shape index (κ2) is 5.55. The van der Waals surface area contributed by atoms with E-state index in [9.17, 15) is 0 Å². The Kier molecular flexibility index (Phi) is 3.62. The van der Waals surface area contributed by atoms with Gasteiger partial charge in [-0.25, -0.2) is 4.98 Å². The standard InChI is InChI=1S/C14H18N4O/c15-7-11-3-1-5-16-14(11)17-8-13-9-18-6-2-4-12(18)10-19-13/h1,3,5,12-13H,2,4,6,8-10H2,(H,16,17). The Morgan fingerprint density at radius 1 is 1.58 bits per heavy atom. The Bertz CT molecular complexity index is 485. The maximum atomic E-state index is 9.01. The third-order valence-electron chi connectivity index (χ3n) is 3.89. The zero-order valence-electron chi connectivity index (χ0n) is 10.9. The van der Waals surface area contributed by atoms with Crippen molar-refractivity contribution in [1.82, 2.24) is 9.88 Å². The van der Waals surface area contributed by atoms with Gasteiger partial charge in [0, 0.05) is 25.3 Å². The molecule has 0 aliphatic carbocycles. The highest BCUT2D eigenvalue weighted by Crippen LogP contribution is 2.22. The van der Waals surface area contributed by atoms with Crippen molar-refractivity contribution in [2.75, 3.05) is 31.6 Å². The summed E-state index contributed by atoms with van der Waals surface area (Å²) < 4.78 is 5.87. The van der Waals surface area contributed by atoms with Crippen LogP contribution >= 0.6 is 0 Å². The van der Waals surface area contributed by atoms with E-state index >= 15 is 0 Å². The number of pyridine rings is 1. The largest absolute Gasteiger partial charge is 0.373 e. The molecule has 5 heteroatoms. The summed E-state index contributed by atoms with van der Waals surface area (Å²) in [6.45, 7) is 3.71. The highest BCUT2D eigenvalue weighted by Gasteiger charge is 2.32. The fourth-order valence-corrected chi connectivity index (χ4v) is 2.86. The molecule has 19 heavy (non-hydrogen) atoms. The number of ether oxygens (including phenoxy) is 1. The summed E-state index contributed by atoms with van der Waals surface area (Å²) in [5, 5.41) is 12.2. The first kappa shape index (κ1) is 12.4. The minimum Gasteiger partial charge on any atom is -0.373 e. The fraction of sp³-hybridized carbons (Fsp3) is 0.571. The molecule has 3 heterocycles. The summed E-state index contributed by atoms with van der Waals surface area (Å²) in [6.07, 6.45) is 4.43. The molecule has 1 aromatic heterocycles. The first-order valence-corrected chi connectivity index (χ1v) is 6.81. The quantitative estimate of drug-likeness (QED) is 0.883. The molecular formula is C14H18N4O. The lowest BCUT2D eigenvalue weighted by atomic mass is 10.2. The van der Waals surface area contributed by atoms with Gasteiger partial charge in [0.05, 0.1) is 18.3 Å². The fourth-order valence-electron chi connectivity index (χ4n) is 2.86. The van der Waals surface area contributed by atoms with Gasteiger partial charge in [0.1, 0.15) is 11.9 Å². The van der Waals surface area contributed by atoms with Gasteiger partial charge in [-0.3, -0.25) is 4.90 Å². The first-order chi connectivity index (χ1) is 9.36. The van der Waals surface area contributed by atoms with E-state index < -0.39 is 0 Å². The molecule has 1 aromatic rings. The van der Waals surface area contributed by atoms with Crippen LogP contribution in [0.1, 0.15) is 18.4 Å². The predicted octanol–water partition coefficient (Wildman–Crippen LogP) is 1.23. The van der Waals surface area contributed by atoms with Crippen LogP contribution < -0.4 is 5.32 Å². The molecule has 100 valence electrons. The van der Waals surface area contributed by atoms with Crippen molar-refractivity contribution in [3.63, 3.8) is 0 Å². The third kappa shape index (κ3) is 2.70. The average Bonchev–Trinajstić information content (AvgIpc) is 2.93. The smallest absolute Gasteiger partial charge is 0.143 e. The number of hydrogen-bond donors (Lipinski definition) is 1. The number of fused-ring (bicyclic) bond motifs is 1. The lowest BCUT2D eigenvalue weighted by molar-refractivity contribution is -0.0416. The summed E-state index contributed by atoms with van der Waals surface area (Å²) in [5.41, 5.74) is 0.581.